The van der Waals surface area contributed by atoms with Crippen LogP contribution in [0.5, 0.6) is 0 Å². The minimum Gasteiger partial charge on any atom is -0.356 e. The van der Waals surface area contributed by atoms with Crippen LogP contribution in [0.3, 0.4) is 0 Å². The molecular weight excluding hydrogens is 264 g/mol. The minimum absolute atomic E-state index is 0. The van der Waals surface area contributed by atoms with Crippen LogP contribution in [0.1, 0.15) is 37.7 Å². The Kier molecular flexibility index (Phi) is 10.2. The summed E-state index contributed by atoms with van der Waals surface area (Å²) < 4.78 is 1.77. The molecule has 0 saturated heterocycles. The van der Waals surface area contributed by atoms with Crippen molar-refractivity contribution in [2.45, 2.75) is 38.5 Å². The summed E-state index contributed by atoms with van der Waals surface area (Å²) in [5.41, 5.74) is 6.56. The molecule has 1 aromatic heterocycles. The van der Waals surface area contributed by atoms with Gasteiger partial charge in [0.1, 0.15) is 0 Å². The van der Waals surface area contributed by atoms with Gasteiger partial charge in [-0.1, -0.05) is 12.8 Å². The van der Waals surface area contributed by atoms with Crippen LogP contribution < -0.4 is 11.1 Å². The lowest BCUT2D eigenvalue weighted by Gasteiger charge is -2.04. The summed E-state index contributed by atoms with van der Waals surface area (Å²) >= 11 is 0. The van der Waals surface area contributed by atoms with Crippen molar-refractivity contribution in [3.8, 4) is 0 Å². The van der Waals surface area contributed by atoms with Crippen molar-refractivity contribution in [3.05, 3.63) is 18.0 Å². The van der Waals surface area contributed by atoms with Crippen LogP contribution in [-0.2, 0) is 18.3 Å². The van der Waals surface area contributed by atoms with Crippen LogP contribution in [0, 0.1) is 0 Å². The number of carbonyl (C=O) groups is 1. The number of rotatable bonds is 9. The zero-order valence-electron chi connectivity index (χ0n) is 11.6. The number of amides is 1. The molecule has 0 spiro atoms. The van der Waals surface area contributed by atoms with Crippen LogP contribution in [0.2, 0.25) is 0 Å². The average Bonchev–Trinajstić information content (AvgIpc) is 2.75. The van der Waals surface area contributed by atoms with E-state index < -0.39 is 0 Å². The first-order chi connectivity index (χ1) is 8.72. The third kappa shape index (κ3) is 8.61. The molecule has 1 rings (SSSR count). The van der Waals surface area contributed by atoms with Crippen molar-refractivity contribution in [1.29, 1.82) is 0 Å². The molecule has 1 heterocycles. The molecule has 0 saturated carbocycles. The van der Waals surface area contributed by atoms with Gasteiger partial charge in [0.25, 0.3) is 0 Å². The summed E-state index contributed by atoms with van der Waals surface area (Å²) in [7, 11) is 1.89. The summed E-state index contributed by atoms with van der Waals surface area (Å²) in [4.78, 5) is 11.5. The number of aromatic nitrogens is 2. The molecule has 3 N–H and O–H groups in total. The van der Waals surface area contributed by atoms with Gasteiger partial charge < -0.3 is 11.1 Å². The SMILES string of the molecule is Cl.Cn1cc(CCNC(=O)CCCCCCN)cn1. The second-order valence-corrected chi connectivity index (χ2v) is 4.58. The fourth-order valence-corrected chi connectivity index (χ4v) is 1.82. The van der Waals surface area contributed by atoms with Gasteiger partial charge in [0.05, 0.1) is 6.20 Å². The van der Waals surface area contributed by atoms with Crippen LogP contribution >= 0.6 is 12.4 Å². The van der Waals surface area contributed by atoms with Crippen molar-refractivity contribution in [1.82, 2.24) is 15.1 Å². The van der Waals surface area contributed by atoms with Gasteiger partial charge in [-0.05, 0) is 31.4 Å². The molecule has 0 aliphatic carbocycles. The van der Waals surface area contributed by atoms with E-state index in [1.165, 1.54) is 0 Å². The molecule has 0 aromatic carbocycles. The average molecular weight is 289 g/mol. The summed E-state index contributed by atoms with van der Waals surface area (Å²) in [5.74, 6) is 0.145. The summed E-state index contributed by atoms with van der Waals surface area (Å²) in [6.07, 6.45) is 9.50. The number of hydrogen-bond acceptors (Lipinski definition) is 3. The molecule has 0 aliphatic heterocycles. The zero-order valence-corrected chi connectivity index (χ0v) is 12.4. The quantitative estimate of drug-likeness (QED) is 0.675. The Morgan fingerprint density at radius 1 is 1.37 bits per heavy atom. The Labute approximate surface area is 121 Å². The van der Waals surface area contributed by atoms with E-state index in [4.69, 9.17) is 5.73 Å². The fourth-order valence-electron chi connectivity index (χ4n) is 1.82. The first-order valence-corrected chi connectivity index (χ1v) is 6.66. The van der Waals surface area contributed by atoms with E-state index in [2.05, 4.69) is 10.4 Å². The second kappa shape index (κ2) is 10.8. The van der Waals surface area contributed by atoms with Crippen molar-refractivity contribution in [3.63, 3.8) is 0 Å². The number of nitrogens with one attached hydrogen (secondary N) is 1. The van der Waals surface area contributed by atoms with Gasteiger partial charge >= 0.3 is 0 Å². The third-order valence-electron chi connectivity index (χ3n) is 2.85. The highest BCUT2D eigenvalue weighted by atomic mass is 35.5. The lowest BCUT2D eigenvalue weighted by Crippen LogP contribution is -2.25. The van der Waals surface area contributed by atoms with Crippen molar-refractivity contribution < 1.29 is 4.79 Å². The van der Waals surface area contributed by atoms with E-state index >= 15 is 0 Å². The number of hydrogen-bond donors (Lipinski definition) is 2. The van der Waals surface area contributed by atoms with Gasteiger partial charge in [0, 0.05) is 26.2 Å². The Hall–Kier alpha value is -1.07. The first-order valence-electron chi connectivity index (χ1n) is 6.66. The maximum absolute atomic E-state index is 11.5. The predicted octanol–water partition coefficient (Wildman–Crippen LogP) is 1.41. The van der Waals surface area contributed by atoms with E-state index in [9.17, 15) is 4.79 Å². The molecule has 0 radical (unpaired) electrons. The number of unbranched alkanes of at least 4 members (excludes halogenated alkanes) is 3. The molecule has 0 unspecified atom stereocenters. The maximum Gasteiger partial charge on any atom is 0.220 e. The van der Waals surface area contributed by atoms with E-state index in [1.54, 1.807) is 4.68 Å². The Bertz CT molecular complexity index is 354. The molecule has 0 fully saturated rings. The molecular formula is C13H25ClN4O. The van der Waals surface area contributed by atoms with E-state index in [-0.39, 0.29) is 18.3 Å². The third-order valence-corrected chi connectivity index (χ3v) is 2.85. The highest BCUT2D eigenvalue weighted by Gasteiger charge is 2.01. The molecule has 1 amide bonds. The Morgan fingerprint density at radius 2 is 2.11 bits per heavy atom. The highest BCUT2D eigenvalue weighted by molar-refractivity contribution is 5.85. The molecule has 5 nitrogen and oxygen atoms in total. The van der Waals surface area contributed by atoms with Crippen LogP contribution in [0.15, 0.2) is 12.4 Å². The normalized spacial score (nSPS) is 10.0. The molecule has 0 bridgehead atoms. The highest BCUT2D eigenvalue weighted by Crippen LogP contribution is 2.02. The van der Waals surface area contributed by atoms with Crippen LogP contribution in [-0.4, -0.2) is 28.8 Å². The monoisotopic (exact) mass is 288 g/mol. The largest absolute Gasteiger partial charge is 0.356 e. The number of nitrogens with zero attached hydrogens (tertiary/aromatic N) is 2. The lowest BCUT2D eigenvalue weighted by atomic mass is 10.1. The van der Waals surface area contributed by atoms with Gasteiger partial charge in [-0.2, -0.15) is 5.10 Å². The smallest absolute Gasteiger partial charge is 0.220 e. The number of carbonyl (C=O) groups excluding carboxylic acids is 1. The van der Waals surface area contributed by atoms with E-state index in [1.807, 2.05) is 19.4 Å². The number of nitrogens with two attached hydrogens (primary N) is 1. The second-order valence-electron chi connectivity index (χ2n) is 4.58. The number of halogens is 1. The van der Waals surface area contributed by atoms with Gasteiger partial charge in [-0.3, -0.25) is 9.48 Å². The van der Waals surface area contributed by atoms with Gasteiger partial charge in [-0.25, -0.2) is 0 Å². The van der Waals surface area contributed by atoms with Crippen molar-refractivity contribution >= 4 is 18.3 Å². The zero-order chi connectivity index (χ0) is 13.2. The first kappa shape index (κ1) is 17.9. The van der Waals surface area contributed by atoms with Crippen molar-refractivity contribution in [2.75, 3.05) is 13.1 Å². The molecule has 1 aromatic rings. The van der Waals surface area contributed by atoms with Gasteiger partial charge in [-0.15, -0.1) is 12.4 Å². The Balaban J connectivity index is 0.00000324. The maximum atomic E-state index is 11.5. The van der Waals surface area contributed by atoms with E-state index in [0.29, 0.717) is 13.0 Å². The Morgan fingerprint density at radius 3 is 2.74 bits per heavy atom. The number of aryl methyl sites for hydroxylation is 1. The minimum atomic E-state index is 0. The summed E-state index contributed by atoms with van der Waals surface area (Å²) in [6, 6.07) is 0. The van der Waals surface area contributed by atoms with Crippen LogP contribution in [0.25, 0.3) is 0 Å². The van der Waals surface area contributed by atoms with Gasteiger partial charge in [0.15, 0.2) is 0 Å². The molecule has 0 atom stereocenters. The predicted molar refractivity (Wildman–Crippen MR) is 79.3 cm³/mol. The molecule has 6 heteroatoms. The van der Waals surface area contributed by atoms with Gasteiger partial charge in [0.2, 0.25) is 5.91 Å². The molecule has 110 valence electrons. The molecule has 0 aliphatic rings. The topological polar surface area (TPSA) is 72.9 Å². The summed E-state index contributed by atoms with van der Waals surface area (Å²) in [6.45, 7) is 1.44. The van der Waals surface area contributed by atoms with E-state index in [0.717, 1.165) is 44.2 Å². The van der Waals surface area contributed by atoms with Crippen LogP contribution in [0.4, 0.5) is 0 Å². The van der Waals surface area contributed by atoms with Crippen molar-refractivity contribution in [2.24, 2.45) is 12.8 Å². The standard InChI is InChI=1S/C13H24N4O.ClH/c1-17-11-12(10-16-17)7-9-15-13(18)6-4-2-3-5-8-14;/h10-11H,2-9,14H2,1H3,(H,15,18);1H. The lowest BCUT2D eigenvalue weighted by molar-refractivity contribution is -0.121. The fraction of sp³-hybridized carbons (Fsp3) is 0.692. The summed E-state index contributed by atoms with van der Waals surface area (Å²) in [5, 5.41) is 7.02. The molecule has 19 heavy (non-hydrogen) atoms.